The van der Waals surface area contributed by atoms with Crippen molar-refractivity contribution in [2.75, 3.05) is 0 Å². The molecule has 0 N–H and O–H groups in total. The van der Waals surface area contributed by atoms with Crippen molar-refractivity contribution in [3.05, 3.63) is 0 Å². The van der Waals surface area contributed by atoms with Gasteiger partial charge < -0.3 is 0 Å². The summed E-state index contributed by atoms with van der Waals surface area (Å²) in [5, 5.41) is 1.15. The number of hydrogen-bond acceptors (Lipinski definition) is 1. The van der Waals surface area contributed by atoms with Crippen LogP contribution in [0.25, 0.3) is 0 Å². The second-order valence-corrected chi connectivity index (χ2v) is 5.14. The molecule has 11 heavy (non-hydrogen) atoms. The zero-order chi connectivity index (χ0) is 8.69. The van der Waals surface area contributed by atoms with Crippen molar-refractivity contribution in [1.29, 1.82) is 0 Å². The molecule has 0 heterocycles. The standard InChI is InChI=1S/C9H18OSe/c1-4-6-7-11-9(10)8(3)5-2/h8H,4-7H2,1-3H3. The first-order valence-electron chi connectivity index (χ1n) is 4.39. The van der Waals surface area contributed by atoms with Crippen LogP contribution in [-0.2, 0) is 4.79 Å². The molecule has 1 unspecified atom stereocenters. The van der Waals surface area contributed by atoms with Gasteiger partial charge in [0.2, 0.25) is 0 Å². The van der Waals surface area contributed by atoms with E-state index in [1.54, 1.807) is 0 Å². The van der Waals surface area contributed by atoms with Crippen molar-refractivity contribution in [3.8, 4) is 0 Å². The number of rotatable bonds is 6. The number of unbranched alkanes of at least 4 members (excludes halogenated alkanes) is 1. The number of hydrogen-bond donors (Lipinski definition) is 0. The summed E-state index contributed by atoms with van der Waals surface area (Å²) in [6, 6.07) is 0. The minimum atomic E-state index is 0.269. The summed E-state index contributed by atoms with van der Waals surface area (Å²) in [5.41, 5.74) is 0. The van der Waals surface area contributed by atoms with Gasteiger partial charge in [0.05, 0.1) is 0 Å². The maximum absolute atomic E-state index is 11.3. The molecular weight excluding hydrogens is 203 g/mol. The first-order chi connectivity index (χ1) is 5.22. The van der Waals surface area contributed by atoms with Gasteiger partial charge in [-0.1, -0.05) is 0 Å². The van der Waals surface area contributed by atoms with Gasteiger partial charge in [0.15, 0.2) is 0 Å². The summed E-state index contributed by atoms with van der Waals surface area (Å²) < 4.78 is 0.508. The summed E-state index contributed by atoms with van der Waals surface area (Å²) in [6.07, 6.45) is 3.45. The molecule has 0 fully saturated rings. The molecule has 1 nitrogen and oxygen atoms in total. The van der Waals surface area contributed by atoms with Crippen LogP contribution in [0, 0.1) is 5.92 Å². The van der Waals surface area contributed by atoms with E-state index in [1.165, 1.54) is 12.8 Å². The molecule has 0 aromatic carbocycles. The van der Waals surface area contributed by atoms with Crippen LogP contribution in [0.15, 0.2) is 0 Å². The molecular formula is C9H18OSe. The first-order valence-corrected chi connectivity index (χ1v) is 6.45. The molecule has 0 rings (SSSR count). The molecule has 2 heteroatoms. The monoisotopic (exact) mass is 222 g/mol. The molecule has 0 saturated heterocycles. The van der Waals surface area contributed by atoms with Gasteiger partial charge in [0, 0.05) is 0 Å². The molecule has 0 aromatic heterocycles. The van der Waals surface area contributed by atoms with E-state index in [0.717, 1.165) is 11.7 Å². The Bertz CT molecular complexity index is 112. The van der Waals surface area contributed by atoms with E-state index in [2.05, 4.69) is 13.8 Å². The Morgan fingerprint density at radius 3 is 2.55 bits per heavy atom. The third-order valence-corrected chi connectivity index (χ3v) is 4.23. The van der Waals surface area contributed by atoms with Gasteiger partial charge in [-0.15, -0.1) is 0 Å². The Morgan fingerprint density at radius 2 is 2.09 bits per heavy atom. The molecule has 0 aliphatic rings. The summed E-state index contributed by atoms with van der Waals surface area (Å²) in [5.74, 6) is 0.312. The van der Waals surface area contributed by atoms with Gasteiger partial charge >= 0.3 is 75.7 Å². The van der Waals surface area contributed by atoms with Gasteiger partial charge in [-0.2, -0.15) is 0 Å². The predicted octanol–water partition coefficient (Wildman–Crippen LogP) is 2.48. The van der Waals surface area contributed by atoms with E-state index in [9.17, 15) is 4.79 Å². The van der Waals surface area contributed by atoms with Crippen LogP contribution in [-0.4, -0.2) is 19.6 Å². The third-order valence-electron chi connectivity index (χ3n) is 1.76. The average Bonchev–Trinajstić information content (AvgIpc) is 2.03. The molecule has 0 aromatic rings. The molecule has 0 amide bonds. The number of carbonyl (C=O) groups is 1. The van der Waals surface area contributed by atoms with E-state index in [1.807, 2.05) is 6.92 Å². The topological polar surface area (TPSA) is 17.1 Å². The zero-order valence-corrected chi connectivity index (χ0v) is 9.44. The summed E-state index contributed by atoms with van der Waals surface area (Å²) >= 11 is 0.269. The van der Waals surface area contributed by atoms with Crippen molar-refractivity contribution in [2.24, 2.45) is 5.92 Å². The van der Waals surface area contributed by atoms with Crippen LogP contribution in [0.1, 0.15) is 40.0 Å². The quantitative estimate of drug-likeness (QED) is 0.497. The molecule has 0 bridgehead atoms. The zero-order valence-electron chi connectivity index (χ0n) is 7.72. The summed E-state index contributed by atoms with van der Waals surface area (Å²) in [6.45, 7) is 6.29. The number of carbonyl (C=O) groups excluding carboxylic acids is 1. The van der Waals surface area contributed by atoms with Crippen LogP contribution < -0.4 is 0 Å². The fourth-order valence-electron chi connectivity index (χ4n) is 0.626. The van der Waals surface area contributed by atoms with Crippen molar-refractivity contribution in [2.45, 2.75) is 45.4 Å². The Morgan fingerprint density at radius 1 is 1.45 bits per heavy atom. The van der Waals surface area contributed by atoms with E-state index >= 15 is 0 Å². The van der Waals surface area contributed by atoms with Crippen LogP contribution >= 0.6 is 0 Å². The van der Waals surface area contributed by atoms with Crippen molar-refractivity contribution >= 4 is 19.6 Å². The van der Waals surface area contributed by atoms with Gasteiger partial charge in [0.25, 0.3) is 0 Å². The molecule has 0 aliphatic carbocycles. The molecule has 1 atom stereocenters. The van der Waals surface area contributed by atoms with Crippen LogP contribution in [0.4, 0.5) is 0 Å². The van der Waals surface area contributed by atoms with E-state index in [-0.39, 0.29) is 15.0 Å². The van der Waals surface area contributed by atoms with E-state index in [4.69, 9.17) is 0 Å². The summed E-state index contributed by atoms with van der Waals surface area (Å²) in [4.78, 5) is 11.3. The maximum atomic E-state index is 11.3. The Kier molecular flexibility index (Phi) is 6.99. The Balaban J connectivity index is 3.36. The molecule has 0 spiro atoms. The van der Waals surface area contributed by atoms with Crippen molar-refractivity contribution in [1.82, 2.24) is 0 Å². The first kappa shape index (κ1) is 11.2. The van der Waals surface area contributed by atoms with Crippen molar-refractivity contribution in [3.63, 3.8) is 0 Å². The van der Waals surface area contributed by atoms with Crippen LogP contribution in [0.2, 0.25) is 5.32 Å². The average molecular weight is 221 g/mol. The van der Waals surface area contributed by atoms with Gasteiger partial charge in [0.1, 0.15) is 0 Å². The van der Waals surface area contributed by atoms with Crippen molar-refractivity contribution < 1.29 is 4.79 Å². The summed E-state index contributed by atoms with van der Waals surface area (Å²) in [7, 11) is 0. The SMILES string of the molecule is CCCC[Se]C(=O)C(C)CC. The second-order valence-electron chi connectivity index (χ2n) is 2.83. The Labute approximate surface area is 76.1 Å². The Hall–Kier alpha value is 0.189. The molecule has 66 valence electrons. The minimum absolute atomic E-state index is 0.269. The fourth-order valence-corrected chi connectivity index (χ4v) is 2.90. The van der Waals surface area contributed by atoms with Crippen LogP contribution in [0.3, 0.4) is 0 Å². The van der Waals surface area contributed by atoms with E-state index in [0.29, 0.717) is 10.6 Å². The molecule has 0 radical (unpaired) electrons. The van der Waals surface area contributed by atoms with Gasteiger partial charge in [-0.25, -0.2) is 0 Å². The van der Waals surface area contributed by atoms with Gasteiger partial charge in [-0.05, 0) is 0 Å². The predicted molar refractivity (Wildman–Crippen MR) is 49.9 cm³/mol. The second kappa shape index (κ2) is 6.87. The van der Waals surface area contributed by atoms with E-state index < -0.39 is 0 Å². The third kappa shape index (κ3) is 5.46. The van der Waals surface area contributed by atoms with Gasteiger partial charge in [-0.3, -0.25) is 0 Å². The fraction of sp³-hybridized carbons (Fsp3) is 0.889. The van der Waals surface area contributed by atoms with Crippen LogP contribution in [0.5, 0.6) is 0 Å². The normalized spacial score (nSPS) is 13.0. The molecule has 0 aliphatic heterocycles. The molecule has 0 saturated carbocycles.